The fraction of sp³-hybridized carbons (Fsp3) is 0.188. The fourth-order valence-corrected chi connectivity index (χ4v) is 3.26. The molecule has 1 aliphatic rings. The minimum absolute atomic E-state index is 0.0279. The van der Waals surface area contributed by atoms with Crippen LogP contribution < -0.4 is 5.43 Å². The van der Waals surface area contributed by atoms with Gasteiger partial charge in [0.25, 0.3) is 0 Å². The number of carboxylic acid groups (broad SMARTS) is 1. The van der Waals surface area contributed by atoms with Gasteiger partial charge in [0.2, 0.25) is 0 Å². The average Bonchev–Trinajstić information content (AvgIpc) is 2.58. The van der Waals surface area contributed by atoms with Crippen molar-refractivity contribution in [3.05, 3.63) is 56.3 Å². The first-order chi connectivity index (χ1) is 11.5. The van der Waals surface area contributed by atoms with Gasteiger partial charge in [-0.3, -0.25) is 5.43 Å². The Balaban J connectivity index is 2.00. The van der Waals surface area contributed by atoms with E-state index >= 15 is 0 Å². The lowest BCUT2D eigenvalue weighted by atomic mass is 9.90. The summed E-state index contributed by atoms with van der Waals surface area (Å²) in [4.78, 5) is 14.9. The lowest BCUT2D eigenvalue weighted by molar-refractivity contribution is 0.0691. The number of hydrazone groups is 1. The highest BCUT2D eigenvalue weighted by molar-refractivity contribution is 6.46. The minimum Gasteiger partial charge on any atom is -0.476 e. The molecule has 1 aliphatic carbocycles. The SMILES string of the molecule is O=C(O)c1nc(Cl)c(Cl)c(NN=C2CCCc3ccccc32)c1Cl. The van der Waals surface area contributed by atoms with Crippen LogP contribution in [-0.4, -0.2) is 21.8 Å². The predicted molar refractivity (Wildman–Crippen MR) is 95.8 cm³/mol. The number of hydrogen-bond donors (Lipinski definition) is 2. The Hall–Kier alpha value is -1.82. The van der Waals surface area contributed by atoms with E-state index < -0.39 is 5.97 Å². The molecule has 0 atom stereocenters. The summed E-state index contributed by atoms with van der Waals surface area (Å²) in [5, 5.41) is 13.3. The first-order valence-corrected chi connectivity index (χ1v) is 8.31. The van der Waals surface area contributed by atoms with E-state index in [1.54, 1.807) is 0 Å². The van der Waals surface area contributed by atoms with Crippen LogP contribution in [-0.2, 0) is 6.42 Å². The van der Waals surface area contributed by atoms with Gasteiger partial charge >= 0.3 is 5.97 Å². The van der Waals surface area contributed by atoms with Crippen molar-refractivity contribution in [3.8, 4) is 0 Å². The van der Waals surface area contributed by atoms with Gasteiger partial charge in [-0.15, -0.1) is 0 Å². The molecule has 0 bridgehead atoms. The number of carbonyl (C=O) groups is 1. The summed E-state index contributed by atoms with van der Waals surface area (Å²) in [6, 6.07) is 8.01. The molecule has 2 aromatic rings. The molecule has 0 saturated carbocycles. The number of halogens is 3. The molecule has 1 aromatic carbocycles. The minimum atomic E-state index is -1.29. The van der Waals surface area contributed by atoms with Crippen molar-refractivity contribution < 1.29 is 9.90 Å². The second-order valence-electron chi connectivity index (χ2n) is 5.24. The Morgan fingerprint density at radius 2 is 1.92 bits per heavy atom. The summed E-state index contributed by atoms with van der Waals surface area (Å²) in [6.45, 7) is 0. The maximum absolute atomic E-state index is 11.2. The lowest BCUT2D eigenvalue weighted by Gasteiger charge is -2.18. The van der Waals surface area contributed by atoms with Crippen molar-refractivity contribution in [1.82, 2.24) is 4.98 Å². The molecule has 0 spiro atoms. The number of nitrogens with zero attached hydrogens (tertiary/aromatic N) is 2. The van der Waals surface area contributed by atoms with Gasteiger partial charge in [-0.25, -0.2) is 9.78 Å². The van der Waals surface area contributed by atoms with Gasteiger partial charge in [0.1, 0.15) is 10.0 Å². The van der Waals surface area contributed by atoms with Crippen LogP contribution in [0.25, 0.3) is 0 Å². The predicted octanol–water partition coefficient (Wildman–Crippen LogP) is 4.89. The normalized spacial score (nSPS) is 15.2. The van der Waals surface area contributed by atoms with Gasteiger partial charge in [0.05, 0.1) is 11.4 Å². The largest absolute Gasteiger partial charge is 0.476 e. The molecule has 0 saturated heterocycles. The topological polar surface area (TPSA) is 74.6 Å². The molecule has 3 rings (SSSR count). The standard InChI is InChI=1S/C16H12Cl3N3O2/c17-11-13(12(18)15(19)20-14(11)16(23)24)22-21-10-7-3-5-8-4-1-2-6-9(8)10/h1-2,4,6H,3,5,7H2,(H,20,22)(H,23,24). The summed E-state index contributed by atoms with van der Waals surface area (Å²) in [6.07, 6.45) is 2.78. The van der Waals surface area contributed by atoms with Gasteiger partial charge in [-0.2, -0.15) is 5.10 Å². The number of pyridine rings is 1. The average molecular weight is 385 g/mol. The summed E-state index contributed by atoms with van der Waals surface area (Å²) < 4.78 is 0. The third-order valence-electron chi connectivity index (χ3n) is 3.73. The van der Waals surface area contributed by atoms with E-state index in [0.717, 1.165) is 30.5 Å². The van der Waals surface area contributed by atoms with Crippen LogP contribution in [0.1, 0.15) is 34.5 Å². The van der Waals surface area contributed by atoms with E-state index in [9.17, 15) is 4.79 Å². The van der Waals surface area contributed by atoms with Crippen LogP contribution in [0.3, 0.4) is 0 Å². The van der Waals surface area contributed by atoms with E-state index in [1.165, 1.54) is 5.56 Å². The number of anilines is 1. The van der Waals surface area contributed by atoms with E-state index in [1.807, 2.05) is 18.2 Å². The molecule has 2 N–H and O–H groups in total. The number of nitrogens with one attached hydrogen (secondary N) is 1. The highest BCUT2D eigenvalue weighted by Crippen LogP contribution is 2.37. The number of carboxylic acids is 1. The zero-order valence-corrected chi connectivity index (χ0v) is 14.6. The van der Waals surface area contributed by atoms with Crippen molar-refractivity contribution >= 4 is 52.2 Å². The Morgan fingerprint density at radius 1 is 1.17 bits per heavy atom. The summed E-state index contributed by atoms with van der Waals surface area (Å²) >= 11 is 18.1. The molecule has 5 nitrogen and oxygen atoms in total. The molecule has 1 aromatic heterocycles. The second-order valence-corrected chi connectivity index (χ2v) is 6.35. The first-order valence-electron chi connectivity index (χ1n) is 7.17. The number of aromatic nitrogens is 1. The zero-order chi connectivity index (χ0) is 17.3. The Morgan fingerprint density at radius 3 is 2.67 bits per heavy atom. The van der Waals surface area contributed by atoms with Crippen LogP contribution >= 0.6 is 34.8 Å². The smallest absolute Gasteiger partial charge is 0.356 e. The number of aromatic carboxylic acids is 1. The van der Waals surface area contributed by atoms with Crippen molar-refractivity contribution in [3.63, 3.8) is 0 Å². The monoisotopic (exact) mass is 383 g/mol. The van der Waals surface area contributed by atoms with Crippen molar-refractivity contribution in [2.75, 3.05) is 5.43 Å². The van der Waals surface area contributed by atoms with E-state index in [4.69, 9.17) is 39.9 Å². The van der Waals surface area contributed by atoms with Crippen LogP contribution in [0.2, 0.25) is 15.2 Å². The highest BCUT2D eigenvalue weighted by Gasteiger charge is 2.21. The quantitative estimate of drug-likeness (QED) is 0.583. The maximum atomic E-state index is 11.2. The molecule has 0 amide bonds. The lowest BCUT2D eigenvalue weighted by Crippen LogP contribution is -2.14. The maximum Gasteiger partial charge on any atom is 0.356 e. The third-order valence-corrected chi connectivity index (χ3v) is 4.84. The Kier molecular flexibility index (Phi) is 4.94. The fourth-order valence-electron chi connectivity index (χ4n) is 2.59. The number of aryl methyl sites for hydroxylation is 1. The second kappa shape index (κ2) is 6.97. The summed E-state index contributed by atoms with van der Waals surface area (Å²) in [5.41, 5.74) is 5.65. The Labute approximate surface area is 153 Å². The Bertz CT molecular complexity index is 853. The van der Waals surface area contributed by atoms with E-state index in [2.05, 4.69) is 21.6 Å². The molecule has 0 unspecified atom stereocenters. The molecule has 0 aliphatic heterocycles. The third kappa shape index (κ3) is 3.20. The number of rotatable bonds is 3. The first kappa shape index (κ1) is 17.0. The molecule has 0 radical (unpaired) electrons. The van der Waals surface area contributed by atoms with Crippen molar-refractivity contribution in [1.29, 1.82) is 0 Å². The molecule has 1 heterocycles. The van der Waals surface area contributed by atoms with Crippen LogP contribution in [0.5, 0.6) is 0 Å². The van der Waals surface area contributed by atoms with Gasteiger partial charge in [-0.1, -0.05) is 59.1 Å². The van der Waals surface area contributed by atoms with Crippen LogP contribution in [0.4, 0.5) is 5.69 Å². The van der Waals surface area contributed by atoms with Gasteiger partial charge in [-0.05, 0) is 24.8 Å². The summed E-state index contributed by atoms with van der Waals surface area (Å²) in [5.74, 6) is -1.29. The highest BCUT2D eigenvalue weighted by atomic mass is 35.5. The molecular formula is C16H12Cl3N3O2. The zero-order valence-electron chi connectivity index (χ0n) is 12.3. The number of hydrogen-bond acceptors (Lipinski definition) is 4. The molecule has 24 heavy (non-hydrogen) atoms. The van der Waals surface area contributed by atoms with Crippen molar-refractivity contribution in [2.45, 2.75) is 19.3 Å². The van der Waals surface area contributed by atoms with Crippen molar-refractivity contribution in [2.24, 2.45) is 5.10 Å². The number of benzene rings is 1. The van der Waals surface area contributed by atoms with Crippen LogP contribution in [0.15, 0.2) is 29.4 Å². The molecular weight excluding hydrogens is 373 g/mol. The van der Waals surface area contributed by atoms with E-state index in [-0.39, 0.29) is 26.6 Å². The van der Waals surface area contributed by atoms with Gasteiger partial charge in [0, 0.05) is 5.56 Å². The molecule has 8 heteroatoms. The van der Waals surface area contributed by atoms with E-state index in [0.29, 0.717) is 0 Å². The molecule has 124 valence electrons. The van der Waals surface area contributed by atoms with Gasteiger partial charge < -0.3 is 5.11 Å². The van der Waals surface area contributed by atoms with Crippen LogP contribution in [0, 0.1) is 0 Å². The molecule has 0 fully saturated rings. The number of fused-ring (bicyclic) bond motifs is 1. The summed E-state index contributed by atoms with van der Waals surface area (Å²) in [7, 11) is 0. The van der Waals surface area contributed by atoms with Gasteiger partial charge in [0.15, 0.2) is 10.8 Å².